The van der Waals surface area contributed by atoms with Gasteiger partial charge in [0.1, 0.15) is 11.3 Å². The van der Waals surface area contributed by atoms with Gasteiger partial charge in [0, 0.05) is 42.7 Å². The van der Waals surface area contributed by atoms with Crippen molar-refractivity contribution >= 4 is 16.8 Å². The molecule has 1 N–H and O–H groups in total. The minimum atomic E-state index is -0.102. The van der Waals surface area contributed by atoms with Crippen LogP contribution in [-0.2, 0) is 7.05 Å². The number of nitrogens with one attached hydrogen (secondary N) is 1. The fourth-order valence-corrected chi connectivity index (χ4v) is 3.10. The van der Waals surface area contributed by atoms with Crippen LogP contribution in [-0.4, -0.2) is 37.6 Å². The van der Waals surface area contributed by atoms with Gasteiger partial charge in [-0.2, -0.15) is 5.10 Å². The maximum absolute atomic E-state index is 13.1. The summed E-state index contributed by atoms with van der Waals surface area (Å²) >= 11 is 0. The van der Waals surface area contributed by atoms with Crippen LogP contribution in [0.5, 0.6) is 5.88 Å². The SMILES string of the molecule is COc1ccc(-c2ccnc3[nH]cc(C(=O)c4cc(C)nn4C)c23)cn1. The van der Waals surface area contributed by atoms with E-state index in [-0.39, 0.29) is 5.78 Å². The monoisotopic (exact) mass is 347 g/mol. The number of aromatic amines is 1. The lowest BCUT2D eigenvalue weighted by Crippen LogP contribution is -2.08. The zero-order valence-corrected chi connectivity index (χ0v) is 14.6. The lowest BCUT2D eigenvalue weighted by molar-refractivity contribution is 0.103. The Labute approximate surface area is 149 Å². The Morgan fingerprint density at radius 1 is 1.23 bits per heavy atom. The predicted molar refractivity (Wildman–Crippen MR) is 97.3 cm³/mol. The van der Waals surface area contributed by atoms with Crippen molar-refractivity contribution in [3.8, 4) is 17.0 Å². The number of fused-ring (bicyclic) bond motifs is 1. The highest BCUT2D eigenvalue weighted by atomic mass is 16.5. The zero-order valence-electron chi connectivity index (χ0n) is 14.6. The Hall–Kier alpha value is -3.48. The second-order valence-electron chi connectivity index (χ2n) is 6.00. The molecular weight excluding hydrogens is 330 g/mol. The summed E-state index contributed by atoms with van der Waals surface area (Å²) in [6, 6.07) is 7.37. The minimum Gasteiger partial charge on any atom is -0.481 e. The van der Waals surface area contributed by atoms with Gasteiger partial charge in [0.2, 0.25) is 11.7 Å². The second-order valence-corrected chi connectivity index (χ2v) is 6.00. The molecule has 4 rings (SSSR count). The molecule has 0 bridgehead atoms. The van der Waals surface area contributed by atoms with Crippen LogP contribution in [0, 0.1) is 6.92 Å². The summed E-state index contributed by atoms with van der Waals surface area (Å²) in [4.78, 5) is 24.8. The molecule has 0 spiro atoms. The first kappa shape index (κ1) is 16.0. The number of carbonyl (C=O) groups is 1. The number of pyridine rings is 2. The van der Waals surface area contributed by atoms with Gasteiger partial charge in [-0.1, -0.05) is 0 Å². The van der Waals surface area contributed by atoms with Gasteiger partial charge in [0.05, 0.1) is 18.4 Å². The molecule has 130 valence electrons. The molecule has 0 unspecified atom stereocenters. The molecule has 7 nitrogen and oxygen atoms in total. The summed E-state index contributed by atoms with van der Waals surface area (Å²) in [7, 11) is 3.34. The zero-order chi connectivity index (χ0) is 18.3. The summed E-state index contributed by atoms with van der Waals surface area (Å²) in [5.41, 5.74) is 4.31. The molecule has 4 heterocycles. The van der Waals surface area contributed by atoms with E-state index in [0.717, 1.165) is 22.2 Å². The number of ketones is 1. The van der Waals surface area contributed by atoms with E-state index in [2.05, 4.69) is 20.1 Å². The molecule has 0 saturated heterocycles. The molecule has 0 aliphatic rings. The molecule has 4 aromatic heterocycles. The van der Waals surface area contributed by atoms with Gasteiger partial charge in [-0.25, -0.2) is 9.97 Å². The van der Waals surface area contributed by atoms with E-state index in [9.17, 15) is 4.79 Å². The molecular formula is C19H17N5O2. The number of hydrogen-bond donors (Lipinski definition) is 1. The van der Waals surface area contributed by atoms with Crippen LogP contribution >= 0.6 is 0 Å². The summed E-state index contributed by atoms with van der Waals surface area (Å²) in [6.07, 6.45) is 5.13. The molecule has 4 aromatic rings. The first-order valence-corrected chi connectivity index (χ1v) is 8.10. The summed E-state index contributed by atoms with van der Waals surface area (Å²) in [5.74, 6) is 0.435. The number of rotatable bonds is 4. The number of nitrogens with zero attached hydrogens (tertiary/aromatic N) is 4. The lowest BCUT2D eigenvalue weighted by Gasteiger charge is -2.07. The van der Waals surface area contributed by atoms with Crippen molar-refractivity contribution in [2.45, 2.75) is 6.92 Å². The fraction of sp³-hybridized carbons (Fsp3) is 0.158. The summed E-state index contributed by atoms with van der Waals surface area (Å²) in [5, 5.41) is 5.03. The third-order valence-electron chi connectivity index (χ3n) is 4.31. The van der Waals surface area contributed by atoms with Crippen molar-refractivity contribution in [3.63, 3.8) is 0 Å². The van der Waals surface area contributed by atoms with E-state index in [1.807, 2.05) is 19.1 Å². The fourth-order valence-electron chi connectivity index (χ4n) is 3.10. The topological polar surface area (TPSA) is 85.7 Å². The Morgan fingerprint density at radius 3 is 2.73 bits per heavy atom. The van der Waals surface area contributed by atoms with E-state index >= 15 is 0 Å². The third-order valence-corrected chi connectivity index (χ3v) is 4.31. The van der Waals surface area contributed by atoms with E-state index in [0.29, 0.717) is 22.8 Å². The molecule has 0 aliphatic carbocycles. The van der Waals surface area contributed by atoms with Crippen LogP contribution in [0.15, 0.2) is 42.9 Å². The summed E-state index contributed by atoms with van der Waals surface area (Å²) in [6.45, 7) is 1.86. The van der Waals surface area contributed by atoms with E-state index < -0.39 is 0 Å². The average Bonchev–Trinajstić information content (AvgIpc) is 3.24. The van der Waals surface area contributed by atoms with Crippen molar-refractivity contribution in [1.82, 2.24) is 24.7 Å². The van der Waals surface area contributed by atoms with E-state index in [1.165, 1.54) is 0 Å². The molecule has 0 aromatic carbocycles. The number of methoxy groups -OCH3 is 1. The van der Waals surface area contributed by atoms with Crippen molar-refractivity contribution in [2.75, 3.05) is 7.11 Å². The highest BCUT2D eigenvalue weighted by molar-refractivity contribution is 6.18. The Kier molecular flexibility index (Phi) is 3.76. The van der Waals surface area contributed by atoms with Gasteiger partial charge in [-0.05, 0) is 30.7 Å². The number of ether oxygens (including phenoxy) is 1. The van der Waals surface area contributed by atoms with Crippen molar-refractivity contribution < 1.29 is 9.53 Å². The predicted octanol–water partition coefficient (Wildman–Crippen LogP) is 2.91. The Balaban J connectivity index is 1.89. The van der Waals surface area contributed by atoms with Crippen LogP contribution in [0.25, 0.3) is 22.2 Å². The number of aromatic nitrogens is 5. The van der Waals surface area contributed by atoms with E-state index in [1.54, 1.807) is 49.6 Å². The van der Waals surface area contributed by atoms with Crippen LogP contribution in [0.3, 0.4) is 0 Å². The van der Waals surface area contributed by atoms with Gasteiger partial charge in [-0.3, -0.25) is 9.48 Å². The van der Waals surface area contributed by atoms with Gasteiger partial charge in [0.25, 0.3) is 0 Å². The van der Waals surface area contributed by atoms with Crippen molar-refractivity contribution in [2.24, 2.45) is 7.05 Å². The van der Waals surface area contributed by atoms with Gasteiger partial charge in [0.15, 0.2) is 0 Å². The average molecular weight is 347 g/mol. The lowest BCUT2D eigenvalue weighted by atomic mass is 10.00. The van der Waals surface area contributed by atoms with Crippen molar-refractivity contribution in [1.29, 1.82) is 0 Å². The maximum atomic E-state index is 13.1. The molecule has 0 fully saturated rings. The normalized spacial score (nSPS) is 11.0. The maximum Gasteiger partial charge on any atom is 0.213 e. The Bertz CT molecular complexity index is 1110. The van der Waals surface area contributed by atoms with Gasteiger partial charge < -0.3 is 9.72 Å². The van der Waals surface area contributed by atoms with Crippen LogP contribution in [0.2, 0.25) is 0 Å². The van der Waals surface area contributed by atoms with Gasteiger partial charge >= 0.3 is 0 Å². The minimum absolute atomic E-state index is 0.102. The molecule has 0 atom stereocenters. The molecule has 0 aliphatic heterocycles. The molecule has 0 radical (unpaired) electrons. The van der Waals surface area contributed by atoms with Crippen molar-refractivity contribution in [3.05, 3.63) is 59.8 Å². The number of carbonyl (C=O) groups excluding carboxylic acids is 1. The smallest absolute Gasteiger partial charge is 0.213 e. The summed E-state index contributed by atoms with van der Waals surface area (Å²) < 4.78 is 6.72. The van der Waals surface area contributed by atoms with Gasteiger partial charge in [-0.15, -0.1) is 0 Å². The first-order chi connectivity index (χ1) is 12.6. The van der Waals surface area contributed by atoms with Crippen LogP contribution < -0.4 is 4.74 Å². The molecule has 0 amide bonds. The molecule has 7 heteroatoms. The van der Waals surface area contributed by atoms with Crippen LogP contribution in [0.4, 0.5) is 0 Å². The molecule has 26 heavy (non-hydrogen) atoms. The standard InChI is InChI=1S/C19H17N5O2/c1-11-8-15(24(2)23-11)18(25)14-10-22-19-17(14)13(6-7-20-19)12-4-5-16(26-3)21-9-12/h4-10H,1-3H3,(H,20,22). The largest absolute Gasteiger partial charge is 0.481 e. The highest BCUT2D eigenvalue weighted by Gasteiger charge is 2.21. The first-order valence-electron chi connectivity index (χ1n) is 8.10. The quantitative estimate of drug-likeness (QED) is 0.574. The second kappa shape index (κ2) is 6.11. The van der Waals surface area contributed by atoms with E-state index in [4.69, 9.17) is 4.74 Å². The Morgan fingerprint density at radius 2 is 2.08 bits per heavy atom. The highest BCUT2D eigenvalue weighted by Crippen LogP contribution is 2.31. The third kappa shape index (κ3) is 2.54. The number of aryl methyl sites for hydroxylation is 2. The number of H-pyrrole nitrogens is 1. The van der Waals surface area contributed by atoms with Crippen LogP contribution in [0.1, 0.15) is 21.7 Å². The molecule has 0 saturated carbocycles. The number of hydrogen-bond acceptors (Lipinski definition) is 5.